The molecule has 0 amide bonds. The lowest BCUT2D eigenvalue weighted by Crippen LogP contribution is -2.11. The van der Waals surface area contributed by atoms with Crippen LogP contribution in [-0.4, -0.2) is 26.5 Å². The molecule has 4 nitrogen and oxygen atoms in total. The Morgan fingerprint density at radius 3 is 2.57 bits per heavy atom. The highest BCUT2D eigenvalue weighted by Crippen LogP contribution is 2.31. The molecular formula is C12H10Cl2F3N3O. The van der Waals surface area contributed by atoms with Crippen molar-refractivity contribution in [3.8, 4) is 0 Å². The number of nitrogens with zero attached hydrogens (tertiary/aromatic N) is 3. The molecule has 2 aromatic rings. The molecule has 9 heteroatoms. The summed E-state index contributed by atoms with van der Waals surface area (Å²) in [5.41, 5.74) is -0.732. The van der Waals surface area contributed by atoms with Crippen molar-refractivity contribution < 1.29 is 18.3 Å². The van der Waals surface area contributed by atoms with Gasteiger partial charge in [0.2, 0.25) is 0 Å². The van der Waals surface area contributed by atoms with Gasteiger partial charge in [-0.2, -0.15) is 18.3 Å². The highest BCUT2D eigenvalue weighted by molar-refractivity contribution is 6.34. The zero-order chi connectivity index (χ0) is 15.6. The number of aromatic nitrogens is 3. The Labute approximate surface area is 128 Å². The van der Waals surface area contributed by atoms with Crippen LogP contribution in [0.5, 0.6) is 0 Å². The van der Waals surface area contributed by atoms with Gasteiger partial charge in [0.05, 0.1) is 22.3 Å². The van der Waals surface area contributed by atoms with E-state index in [4.69, 9.17) is 28.3 Å². The summed E-state index contributed by atoms with van der Waals surface area (Å²) in [6, 6.07) is 1.45. The molecule has 0 aliphatic heterocycles. The fourth-order valence-corrected chi connectivity index (χ4v) is 2.24. The normalized spacial score (nSPS) is 11.9. The topological polar surface area (TPSA) is 50.9 Å². The van der Waals surface area contributed by atoms with E-state index < -0.39 is 18.5 Å². The van der Waals surface area contributed by atoms with Crippen LogP contribution in [0.1, 0.15) is 17.0 Å². The van der Waals surface area contributed by atoms with Gasteiger partial charge in [-0.3, -0.25) is 9.67 Å². The van der Waals surface area contributed by atoms with Crippen LogP contribution in [0.4, 0.5) is 13.2 Å². The van der Waals surface area contributed by atoms with Crippen LogP contribution in [0, 0.1) is 0 Å². The van der Waals surface area contributed by atoms with Gasteiger partial charge in [0.1, 0.15) is 0 Å². The molecule has 0 fully saturated rings. The average molecular weight is 340 g/mol. The average Bonchev–Trinajstić information content (AvgIpc) is 2.76. The summed E-state index contributed by atoms with van der Waals surface area (Å²) < 4.78 is 39.6. The molecule has 2 rings (SSSR count). The van der Waals surface area contributed by atoms with Crippen LogP contribution in [-0.2, 0) is 19.1 Å². The minimum absolute atomic E-state index is 0.0233. The van der Waals surface area contributed by atoms with Crippen molar-refractivity contribution in [2.45, 2.75) is 19.1 Å². The van der Waals surface area contributed by atoms with Gasteiger partial charge in [-0.15, -0.1) is 0 Å². The standard InChI is InChI=1S/C12H10Cl2F3N3O/c13-8-3-9(14)10(18-4-8)6-20-5-7(1-2-21)11(19-20)12(15,16)17/h3-5,21H,1-2,6H2. The van der Waals surface area contributed by atoms with Crippen LogP contribution in [0.3, 0.4) is 0 Å². The van der Waals surface area contributed by atoms with Crippen LogP contribution < -0.4 is 0 Å². The number of hydrogen-bond acceptors (Lipinski definition) is 3. The largest absolute Gasteiger partial charge is 0.435 e. The van der Waals surface area contributed by atoms with E-state index in [1.165, 1.54) is 18.5 Å². The first-order valence-electron chi connectivity index (χ1n) is 5.85. The first kappa shape index (κ1) is 16.1. The monoisotopic (exact) mass is 339 g/mol. The van der Waals surface area contributed by atoms with Crippen molar-refractivity contribution in [2.24, 2.45) is 0 Å². The second-order valence-electron chi connectivity index (χ2n) is 4.25. The fourth-order valence-electron chi connectivity index (χ4n) is 1.80. The number of hydrogen-bond donors (Lipinski definition) is 1. The molecule has 114 valence electrons. The van der Waals surface area contributed by atoms with Crippen LogP contribution in [0.2, 0.25) is 10.0 Å². The van der Waals surface area contributed by atoms with Crippen LogP contribution >= 0.6 is 23.2 Å². The number of halogens is 5. The number of aliphatic hydroxyl groups excluding tert-OH is 1. The summed E-state index contributed by atoms with van der Waals surface area (Å²) in [4.78, 5) is 3.96. The Morgan fingerprint density at radius 1 is 1.29 bits per heavy atom. The van der Waals surface area contributed by atoms with Crippen molar-refractivity contribution in [2.75, 3.05) is 6.61 Å². The predicted octanol–water partition coefficient (Wildman–Crippen LogP) is 3.19. The minimum atomic E-state index is -4.58. The quantitative estimate of drug-likeness (QED) is 0.930. The van der Waals surface area contributed by atoms with E-state index in [1.807, 2.05) is 0 Å². The maximum absolute atomic E-state index is 12.8. The first-order valence-corrected chi connectivity index (χ1v) is 6.61. The van der Waals surface area contributed by atoms with Gasteiger partial charge in [-0.05, 0) is 12.5 Å². The molecular weight excluding hydrogens is 330 g/mol. The smallest absolute Gasteiger partial charge is 0.396 e. The molecule has 0 bridgehead atoms. The zero-order valence-electron chi connectivity index (χ0n) is 10.5. The molecule has 0 aromatic carbocycles. The Hall–Kier alpha value is -1.31. The SMILES string of the molecule is OCCc1cn(Cc2ncc(Cl)cc2Cl)nc1C(F)(F)F. The highest BCUT2D eigenvalue weighted by Gasteiger charge is 2.36. The van der Waals surface area contributed by atoms with Crippen LogP contribution in [0.15, 0.2) is 18.5 Å². The van der Waals surface area contributed by atoms with E-state index in [9.17, 15) is 13.2 Å². The Kier molecular flexibility index (Phi) is 4.75. The maximum atomic E-state index is 12.8. The summed E-state index contributed by atoms with van der Waals surface area (Å²) in [5.74, 6) is 0. The molecule has 0 saturated heterocycles. The number of aliphatic hydroxyl groups is 1. The van der Waals surface area contributed by atoms with Crippen molar-refractivity contribution >= 4 is 23.2 Å². The Bertz CT molecular complexity index is 643. The van der Waals surface area contributed by atoms with Crippen molar-refractivity contribution in [1.82, 2.24) is 14.8 Å². The molecule has 0 aliphatic rings. The van der Waals surface area contributed by atoms with Gasteiger partial charge in [0, 0.05) is 24.6 Å². The van der Waals surface area contributed by atoms with Gasteiger partial charge in [-0.1, -0.05) is 23.2 Å². The van der Waals surface area contributed by atoms with Crippen molar-refractivity contribution in [3.63, 3.8) is 0 Å². The summed E-state index contributed by atoms with van der Waals surface area (Å²) in [6.45, 7) is -0.417. The molecule has 2 heterocycles. The van der Waals surface area contributed by atoms with Gasteiger partial charge in [0.15, 0.2) is 5.69 Å². The van der Waals surface area contributed by atoms with E-state index in [2.05, 4.69) is 10.1 Å². The minimum Gasteiger partial charge on any atom is -0.396 e. The van der Waals surface area contributed by atoms with Crippen LogP contribution in [0.25, 0.3) is 0 Å². The highest BCUT2D eigenvalue weighted by atomic mass is 35.5. The third-order valence-electron chi connectivity index (χ3n) is 2.68. The Morgan fingerprint density at radius 2 is 2.00 bits per heavy atom. The first-order chi connectivity index (χ1) is 9.81. The second kappa shape index (κ2) is 6.21. The number of rotatable bonds is 4. The van der Waals surface area contributed by atoms with Gasteiger partial charge >= 0.3 is 6.18 Å². The molecule has 2 aromatic heterocycles. The third kappa shape index (κ3) is 3.87. The second-order valence-corrected chi connectivity index (χ2v) is 5.10. The summed E-state index contributed by atoms with van der Waals surface area (Å²) in [5, 5.41) is 12.9. The molecule has 0 atom stereocenters. The van der Waals surface area contributed by atoms with E-state index in [1.54, 1.807) is 0 Å². The van der Waals surface area contributed by atoms with Crippen molar-refractivity contribution in [1.29, 1.82) is 0 Å². The number of pyridine rings is 1. The van der Waals surface area contributed by atoms with E-state index in [-0.39, 0.29) is 23.6 Å². The van der Waals surface area contributed by atoms with Gasteiger partial charge in [-0.25, -0.2) is 0 Å². The molecule has 21 heavy (non-hydrogen) atoms. The molecule has 0 saturated carbocycles. The molecule has 0 aliphatic carbocycles. The van der Waals surface area contributed by atoms with E-state index >= 15 is 0 Å². The zero-order valence-corrected chi connectivity index (χ0v) is 12.0. The third-order valence-corrected chi connectivity index (χ3v) is 3.22. The fraction of sp³-hybridized carbons (Fsp3) is 0.333. The molecule has 0 unspecified atom stereocenters. The number of alkyl halides is 3. The lowest BCUT2D eigenvalue weighted by atomic mass is 10.2. The maximum Gasteiger partial charge on any atom is 0.435 e. The Balaban J connectivity index is 2.32. The van der Waals surface area contributed by atoms with Gasteiger partial charge in [0.25, 0.3) is 0 Å². The lowest BCUT2D eigenvalue weighted by molar-refractivity contribution is -0.142. The lowest BCUT2D eigenvalue weighted by Gasteiger charge is -2.05. The van der Waals surface area contributed by atoms with E-state index in [0.29, 0.717) is 10.7 Å². The van der Waals surface area contributed by atoms with E-state index in [0.717, 1.165) is 4.68 Å². The molecule has 0 radical (unpaired) electrons. The molecule has 1 N–H and O–H groups in total. The predicted molar refractivity (Wildman–Crippen MR) is 71.4 cm³/mol. The van der Waals surface area contributed by atoms with Crippen molar-refractivity contribution in [3.05, 3.63) is 45.5 Å². The summed E-state index contributed by atoms with van der Waals surface area (Å²) in [7, 11) is 0. The van der Waals surface area contributed by atoms with Gasteiger partial charge < -0.3 is 5.11 Å². The summed E-state index contributed by atoms with van der Waals surface area (Å²) in [6.07, 6.45) is -2.12. The molecule has 0 spiro atoms. The summed E-state index contributed by atoms with van der Waals surface area (Å²) >= 11 is 11.6.